The number of rotatable bonds is 2. The van der Waals surface area contributed by atoms with Gasteiger partial charge >= 0.3 is 0 Å². The van der Waals surface area contributed by atoms with E-state index in [4.69, 9.17) is 9.47 Å². The minimum absolute atomic E-state index is 0.0357. The van der Waals surface area contributed by atoms with Gasteiger partial charge in [0, 0.05) is 43.1 Å². The van der Waals surface area contributed by atoms with Crippen LogP contribution in [0.3, 0.4) is 0 Å². The molecule has 0 bridgehead atoms. The van der Waals surface area contributed by atoms with Crippen LogP contribution >= 0.6 is 0 Å². The summed E-state index contributed by atoms with van der Waals surface area (Å²) < 4.78 is 15.3. The van der Waals surface area contributed by atoms with Gasteiger partial charge in [-0.3, -0.25) is 14.3 Å². The Balaban J connectivity index is 1.48. The number of aryl methyl sites for hydroxylation is 1. The lowest BCUT2D eigenvalue weighted by Crippen LogP contribution is -2.48. The third-order valence-electron chi connectivity index (χ3n) is 5.72. The summed E-state index contributed by atoms with van der Waals surface area (Å²) in [5, 5.41) is 0.862. The van der Waals surface area contributed by atoms with Crippen molar-refractivity contribution in [2.45, 2.75) is 32.1 Å². The zero-order chi connectivity index (χ0) is 19.3. The molecule has 3 aromatic rings. The fourth-order valence-electron chi connectivity index (χ4n) is 4.33. The second-order valence-electron chi connectivity index (χ2n) is 7.43. The van der Waals surface area contributed by atoms with Gasteiger partial charge in [0.2, 0.25) is 5.91 Å². The van der Waals surface area contributed by atoms with Crippen LogP contribution in [-0.2, 0) is 20.8 Å². The lowest BCUT2D eigenvalue weighted by Gasteiger charge is -2.37. The van der Waals surface area contributed by atoms with Gasteiger partial charge in [0.05, 0.1) is 18.7 Å². The van der Waals surface area contributed by atoms with Crippen LogP contribution < -0.4 is 5.56 Å². The SMILES string of the molecule is Cc1cc(=O)nc2c3ccccc3n(CC(=O)N3CCC4(CC3)OCCO4)n12. The van der Waals surface area contributed by atoms with Crippen LogP contribution in [0.25, 0.3) is 16.6 Å². The van der Waals surface area contributed by atoms with Crippen molar-refractivity contribution >= 4 is 22.5 Å². The van der Waals surface area contributed by atoms with E-state index in [2.05, 4.69) is 4.98 Å². The van der Waals surface area contributed by atoms with Crippen molar-refractivity contribution in [2.75, 3.05) is 26.3 Å². The Morgan fingerprint density at radius 2 is 1.89 bits per heavy atom. The summed E-state index contributed by atoms with van der Waals surface area (Å²) in [7, 11) is 0. The van der Waals surface area contributed by atoms with Gasteiger partial charge in [-0.1, -0.05) is 12.1 Å². The van der Waals surface area contributed by atoms with E-state index in [1.807, 2.05) is 45.3 Å². The van der Waals surface area contributed by atoms with E-state index in [0.29, 0.717) is 44.8 Å². The molecule has 2 aliphatic rings. The van der Waals surface area contributed by atoms with E-state index in [0.717, 1.165) is 16.6 Å². The molecule has 1 spiro atoms. The molecule has 0 unspecified atom stereocenters. The minimum atomic E-state index is -0.497. The first kappa shape index (κ1) is 17.4. The van der Waals surface area contributed by atoms with Gasteiger partial charge < -0.3 is 14.4 Å². The molecule has 2 aromatic heterocycles. The van der Waals surface area contributed by atoms with Crippen LogP contribution in [0.1, 0.15) is 18.5 Å². The number of piperidine rings is 1. The van der Waals surface area contributed by atoms with Gasteiger partial charge in [0.25, 0.3) is 5.56 Å². The van der Waals surface area contributed by atoms with Crippen LogP contribution in [0.5, 0.6) is 0 Å². The molecule has 2 fully saturated rings. The normalized spacial score (nSPS) is 19.1. The van der Waals surface area contributed by atoms with Crippen molar-refractivity contribution in [3.63, 3.8) is 0 Å². The molecule has 4 heterocycles. The molecule has 0 N–H and O–H groups in total. The smallest absolute Gasteiger partial charge is 0.273 e. The average molecular weight is 382 g/mol. The molecule has 1 aromatic carbocycles. The molecule has 0 aliphatic carbocycles. The summed E-state index contributed by atoms with van der Waals surface area (Å²) in [4.78, 5) is 31.0. The lowest BCUT2D eigenvalue weighted by molar-refractivity contribution is -0.187. The Morgan fingerprint density at radius 1 is 1.18 bits per heavy atom. The maximum Gasteiger partial charge on any atom is 0.273 e. The molecule has 2 saturated heterocycles. The number of hydrogen-bond donors (Lipinski definition) is 0. The number of benzene rings is 1. The standard InChI is InChI=1S/C20H22N4O4/c1-14-12-17(25)21-19-15-4-2-3-5-16(15)23(24(14)19)13-18(26)22-8-6-20(7-9-22)27-10-11-28-20/h2-5,12H,6-11,13H2,1H3. The third-order valence-corrected chi connectivity index (χ3v) is 5.72. The fraction of sp³-hybridized carbons (Fsp3) is 0.450. The molecule has 28 heavy (non-hydrogen) atoms. The quantitative estimate of drug-likeness (QED) is 0.668. The van der Waals surface area contributed by atoms with Crippen LogP contribution in [0.4, 0.5) is 0 Å². The van der Waals surface area contributed by atoms with Gasteiger partial charge in [-0.05, 0) is 19.1 Å². The van der Waals surface area contributed by atoms with Crippen molar-refractivity contribution in [1.82, 2.24) is 19.1 Å². The second kappa shape index (κ2) is 6.42. The summed E-state index contributed by atoms with van der Waals surface area (Å²) in [6, 6.07) is 9.21. The maximum absolute atomic E-state index is 13.1. The summed E-state index contributed by atoms with van der Waals surface area (Å²) in [5.41, 5.74) is 1.95. The van der Waals surface area contributed by atoms with E-state index < -0.39 is 5.79 Å². The highest BCUT2D eigenvalue weighted by Crippen LogP contribution is 2.31. The van der Waals surface area contributed by atoms with E-state index in [1.54, 1.807) is 0 Å². The molecular weight excluding hydrogens is 360 g/mol. The molecule has 2 aliphatic heterocycles. The Labute approximate surface area is 161 Å². The Bertz CT molecular complexity index is 1120. The number of nitrogens with zero attached hydrogens (tertiary/aromatic N) is 4. The number of fused-ring (bicyclic) bond motifs is 3. The average Bonchev–Trinajstić information content (AvgIpc) is 3.26. The highest BCUT2D eigenvalue weighted by molar-refractivity contribution is 5.93. The molecule has 0 atom stereocenters. The van der Waals surface area contributed by atoms with Crippen LogP contribution in [-0.4, -0.2) is 57.1 Å². The predicted molar refractivity (Wildman–Crippen MR) is 102 cm³/mol. The van der Waals surface area contributed by atoms with Crippen molar-refractivity contribution in [1.29, 1.82) is 0 Å². The summed E-state index contributed by atoms with van der Waals surface area (Å²) in [6.07, 6.45) is 1.39. The number of amides is 1. The number of ether oxygens (including phenoxy) is 2. The molecule has 0 saturated carbocycles. The number of aromatic nitrogens is 3. The Kier molecular flexibility index (Phi) is 3.99. The van der Waals surface area contributed by atoms with Gasteiger partial charge in [-0.15, -0.1) is 0 Å². The van der Waals surface area contributed by atoms with E-state index in [1.165, 1.54) is 6.07 Å². The Hall–Kier alpha value is -2.71. The van der Waals surface area contributed by atoms with E-state index >= 15 is 0 Å². The maximum atomic E-state index is 13.1. The fourth-order valence-corrected chi connectivity index (χ4v) is 4.33. The minimum Gasteiger partial charge on any atom is -0.347 e. The number of likely N-dealkylation sites (tertiary alicyclic amines) is 1. The first-order valence-corrected chi connectivity index (χ1v) is 9.60. The van der Waals surface area contributed by atoms with Gasteiger partial charge in [-0.2, -0.15) is 4.98 Å². The molecule has 8 nitrogen and oxygen atoms in total. The molecule has 146 valence electrons. The highest BCUT2D eigenvalue weighted by atomic mass is 16.7. The van der Waals surface area contributed by atoms with Gasteiger partial charge in [-0.25, -0.2) is 4.52 Å². The van der Waals surface area contributed by atoms with Crippen molar-refractivity contribution < 1.29 is 14.3 Å². The lowest BCUT2D eigenvalue weighted by atomic mass is 10.0. The first-order valence-electron chi connectivity index (χ1n) is 9.60. The topological polar surface area (TPSA) is 78.1 Å². The molecular formula is C20H22N4O4. The zero-order valence-corrected chi connectivity index (χ0v) is 15.8. The third kappa shape index (κ3) is 2.71. The van der Waals surface area contributed by atoms with Crippen molar-refractivity contribution in [3.8, 4) is 0 Å². The summed E-state index contributed by atoms with van der Waals surface area (Å²) in [6.45, 7) is 4.52. The number of carbonyl (C=O) groups is 1. The van der Waals surface area contributed by atoms with Gasteiger partial charge in [0.1, 0.15) is 6.54 Å². The second-order valence-corrected chi connectivity index (χ2v) is 7.43. The Morgan fingerprint density at radius 3 is 2.64 bits per heavy atom. The van der Waals surface area contributed by atoms with Crippen molar-refractivity contribution in [3.05, 3.63) is 46.4 Å². The van der Waals surface area contributed by atoms with Crippen LogP contribution in [0.15, 0.2) is 35.1 Å². The first-order chi connectivity index (χ1) is 13.6. The monoisotopic (exact) mass is 382 g/mol. The van der Waals surface area contributed by atoms with Crippen LogP contribution in [0, 0.1) is 6.92 Å². The number of carbonyl (C=O) groups excluding carboxylic acids is 1. The largest absolute Gasteiger partial charge is 0.347 e. The molecule has 5 rings (SSSR count). The van der Waals surface area contributed by atoms with E-state index in [-0.39, 0.29) is 18.0 Å². The van der Waals surface area contributed by atoms with E-state index in [9.17, 15) is 9.59 Å². The number of para-hydroxylation sites is 1. The van der Waals surface area contributed by atoms with Crippen molar-refractivity contribution in [2.24, 2.45) is 0 Å². The zero-order valence-electron chi connectivity index (χ0n) is 15.8. The molecule has 8 heteroatoms. The van der Waals surface area contributed by atoms with Gasteiger partial charge in [0.15, 0.2) is 11.4 Å². The molecule has 0 radical (unpaired) electrons. The van der Waals surface area contributed by atoms with Crippen LogP contribution in [0.2, 0.25) is 0 Å². The summed E-state index contributed by atoms with van der Waals surface area (Å²) in [5.74, 6) is -0.461. The summed E-state index contributed by atoms with van der Waals surface area (Å²) >= 11 is 0. The molecule has 1 amide bonds. The number of hydrogen-bond acceptors (Lipinski definition) is 5. The predicted octanol–water partition coefficient (Wildman–Crippen LogP) is 1.32. The highest BCUT2D eigenvalue weighted by Gasteiger charge is 2.40.